The van der Waals surface area contributed by atoms with Crippen molar-refractivity contribution in [3.05, 3.63) is 57.0 Å². The molecule has 0 aliphatic heterocycles. The Morgan fingerprint density at radius 1 is 0.950 bits per heavy atom. The van der Waals surface area contributed by atoms with Crippen LogP contribution in [0.1, 0.15) is 0 Å². The summed E-state index contributed by atoms with van der Waals surface area (Å²) in [5, 5.41) is 0. The van der Waals surface area contributed by atoms with Gasteiger partial charge in [-0.15, -0.1) is 0 Å². The van der Waals surface area contributed by atoms with E-state index in [1.807, 2.05) is 0 Å². The van der Waals surface area contributed by atoms with Gasteiger partial charge in [0.05, 0.1) is 5.69 Å². The number of nitrogens with one attached hydrogen (secondary N) is 1. The van der Waals surface area contributed by atoms with E-state index in [0.29, 0.717) is 15.0 Å². The minimum absolute atomic E-state index is 0.0449. The Labute approximate surface area is 131 Å². The second-order valence-corrected chi connectivity index (χ2v) is 7.26. The van der Waals surface area contributed by atoms with Gasteiger partial charge in [0.1, 0.15) is 16.5 Å². The molecule has 2 aromatic carbocycles. The highest BCUT2D eigenvalue weighted by Crippen LogP contribution is 2.27. The second kappa shape index (κ2) is 5.79. The maximum absolute atomic E-state index is 13.1. The molecule has 0 aliphatic carbocycles. The molecule has 0 radical (unpaired) electrons. The monoisotopic (exact) mass is 425 g/mol. The normalized spacial score (nSPS) is 11.4. The summed E-state index contributed by atoms with van der Waals surface area (Å²) in [7, 11) is -3.96. The summed E-state index contributed by atoms with van der Waals surface area (Å²) in [6, 6.07) is 7.03. The van der Waals surface area contributed by atoms with Gasteiger partial charge in [0, 0.05) is 15.0 Å². The fourth-order valence-electron chi connectivity index (χ4n) is 1.51. The molecule has 2 rings (SSSR count). The van der Waals surface area contributed by atoms with Gasteiger partial charge in [-0.2, -0.15) is 0 Å². The molecule has 0 aromatic heterocycles. The van der Waals surface area contributed by atoms with Gasteiger partial charge in [0.2, 0.25) is 0 Å². The van der Waals surface area contributed by atoms with E-state index in [1.54, 1.807) is 12.1 Å². The number of hydrogen-bond acceptors (Lipinski definition) is 2. The van der Waals surface area contributed by atoms with E-state index in [-0.39, 0.29) is 10.6 Å². The highest BCUT2D eigenvalue weighted by molar-refractivity contribution is 9.11. The van der Waals surface area contributed by atoms with E-state index < -0.39 is 21.7 Å². The standard InChI is InChI=1S/C12H7Br2F2NO2S/c13-7-1-2-11(14)12(3-7)20(18,19)17-10-5-8(15)4-9(16)6-10/h1-6,17H. The number of benzene rings is 2. The zero-order chi connectivity index (χ0) is 14.9. The molecule has 8 heteroatoms. The van der Waals surface area contributed by atoms with Crippen LogP contribution in [0.2, 0.25) is 0 Å². The van der Waals surface area contributed by atoms with Crippen LogP contribution in [0.25, 0.3) is 0 Å². The molecule has 0 saturated carbocycles. The number of anilines is 1. The number of hydrogen-bond donors (Lipinski definition) is 1. The van der Waals surface area contributed by atoms with Crippen LogP contribution in [0, 0.1) is 11.6 Å². The molecule has 20 heavy (non-hydrogen) atoms. The topological polar surface area (TPSA) is 46.2 Å². The van der Waals surface area contributed by atoms with Crippen LogP contribution >= 0.6 is 31.9 Å². The Kier molecular flexibility index (Phi) is 4.46. The first kappa shape index (κ1) is 15.4. The van der Waals surface area contributed by atoms with Crippen molar-refractivity contribution in [2.75, 3.05) is 4.72 Å². The Morgan fingerprint density at radius 2 is 1.55 bits per heavy atom. The molecule has 0 fully saturated rings. The molecule has 0 aliphatic rings. The third-order valence-electron chi connectivity index (χ3n) is 2.30. The van der Waals surface area contributed by atoms with E-state index in [9.17, 15) is 17.2 Å². The van der Waals surface area contributed by atoms with Gasteiger partial charge < -0.3 is 0 Å². The Bertz CT molecular complexity index is 746. The van der Waals surface area contributed by atoms with Gasteiger partial charge in [0.15, 0.2) is 0 Å². The van der Waals surface area contributed by atoms with Gasteiger partial charge in [0.25, 0.3) is 10.0 Å². The molecule has 2 aromatic rings. The van der Waals surface area contributed by atoms with E-state index in [2.05, 4.69) is 36.6 Å². The maximum atomic E-state index is 13.1. The molecule has 0 heterocycles. The van der Waals surface area contributed by atoms with Gasteiger partial charge in [-0.25, -0.2) is 17.2 Å². The summed E-state index contributed by atoms with van der Waals surface area (Å²) < 4.78 is 53.5. The van der Waals surface area contributed by atoms with Crippen LogP contribution in [0.3, 0.4) is 0 Å². The van der Waals surface area contributed by atoms with Crippen molar-refractivity contribution in [3.63, 3.8) is 0 Å². The predicted molar refractivity (Wildman–Crippen MR) is 79.0 cm³/mol. The van der Waals surface area contributed by atoms with Crippen molar-refractivity contribution in [2.24, 2.45) is 0 Å². The van der Waals surface area contributed by atoms with Crippen LogP contribution in [-0.2, 0) is 10.0 Å². The third kappa shape index (κ3) is 3.56. The summed E-state index contributed by atoms with van der Waals surface area (Å²) in [6.45, 7) is 0. The SMILES string of the molecule is O=S(=O)(Nc1cc(F)cc(F)c1)c1cc(Br)ccc1Br. The van der Waals surface area contributed by atoms with E-state index in [1.165, 1.54) is 6.07 Å². The fourth-order valence-corrected chi connectivity index (χ4v) is 4.05. The van der Waals surface area contributed by atoms with Crippen molar-refractivity contribution in [2.45, 2.75) is 4.90 Å². The minimum atomic E-state index is -3.96. The first-order valence-electron chi connectivity index (χ1n) is 5.22. The van der Waals surface area contributed by atoms with E-state index in [4.69, 9.17) is 0 Å². The summed E-state index contributed by atoms with van der Waals surface area (Å²) in [6.07, 6.45) is 0. The Morgan fingerprint density at radius 3 is 2.15 bits per heavy atom. The number of sulfonamides is 1. The average Bonchev–Trinajstić information content (AvgIpc) is 2.30. The smallest absolute Gasteiger partial charge is 0.263 e. The van der Waals surface area contributed by atoms with Crippen LogP contribution < -0.4 is 4.72 Å². The molecule has 0 unspecified atom stereocenters. The largest absolute Gasteiger partial charge is 0.279 e. The highest BCUT2D eigenvalue weighted by atomic mass is 79.9. The van der Waals surface area contributed by atoms with Crippen molar-refractivity contribution in [1.82, 2.24) is 0 Å². The Hall–Kier alpha value is -0.990. The fraction of sp³-hybridized carbons (Fsp3) is 0. The molecule has 0 amide bonds. The molecular weight excluding hydrogens is 420 g/mol. The number of rotatable bonds is 3. The average molecular weight is 427 g/mol. The lowest BCUT2D eigenvalue weighted by molar-refractivity contribution is 0.584. The second-order valence-electron chi connectivity index (χ2n) is 3.84. The first-order chi connectivity index (χ1) is 9.28. The van der Waals surface area contributed by atoms with Crippen LogP contribution in [0.15, 0.2) is 50.2 Å². The molecular formula is C12H7Br2F2NO2S. The van der Waals surface area contributed by atoms with Gasteiger partial charge in [-0.1, -0.05) is 15.9 Å². The van der Waals surface area contributed by atoms with E-state index >= 15 is 0 Å². The van der Waals surface area contributed by atoms with Gasteiger partial charge >= 0.3 is 0 Å². The van der Waals surface area contributed by atoms with Crippen molar-refractivity contribution < 1.29 is 17.2 Å². The molecule has 0 saturated heterocycles. The number of halogens is 4. The van der Waals surface area contributed by atoms with Gasteiger partial charge in [-0.3, -0.25) is 4.72 Å². The molecule has 0 spiro atoms. The summed E-state index contributed by atoms with van der Waals surface area (Å²) in [5.74, 6) is -1.73. The van der Waals surface area contributed by atoms with Crippen molar-refractivity contribution >= 4 is 47.6 Å². The lowest BCUT2D eigenvalue weighted by atomic mass is 10.3. The van der Waals surface area contributed by atoms with Crippen molar-refractivity contribution in [3.8, 4) is 0 Å². The summed E-state index contributed by atoms with van der Waals surface area (Å²) in [5.41, 5.74) is -0.186. The first-order valence-corrected chi connectivity index (χ1v) is 8.29. The summed E-state index contributed by atoms with van der Waals surface area (Å²) in [4.78, 5) is -0.0449. The highest BCUT2D eigenvalue weighted by Gasteiger charge is 2.18. The molecule has 0 atom stereocenters. The van der Waals surface area contributed by atoms with E-state index in [0.717, 1.165) is 12.1 Å². The van der Waals surface area contributed by atoms with Gasteiger partial charge in [-0.05, 0) is 46.3 Å². The lowest BCUT2D eigenvalue weighted by Crippen LogP contribution is -2.14. The molecule has 106 valence electrons. The van der Waals surface area contributed by atoms with Crippen molar-refractivity contribution in [1.29, 1.82) is 0 Å². The minimum Gasteiger partial charge on any atom is -0.279 e. The lowest BCUT2D eigenvalue weighted by Gasteiger charge is -2.10. The molecule has 0 bridgehead atoms. The Balaban J connectivity index is 2.43. The molecule has 1 N–H and O–H groups in total. The van der Waals surface area contributed by atoms with Crippen LogP contribution in [0.4, 0.5) is 14.5 Å². The zero-order valence-electron chi connectivity index (χ0n) is 9.70. The predicted octanol–water partition coefficient (Wildman–Crippen LogP) is 4.29. The molecule has 3 nitrogen and oxygen atoms in total. The summed E-state index contributed by atoms with van der Waals surface area (Å²) >= 11 is 6.28. The zero-order valence-corrected chi connectivity index (χ0v) is 13.7. The quantitative estimate of drug-likeness (QED) is 0.795. The van der Waals surface area contributed by atoms with Crippen LogP contribution in [0.5, 0.6) is 0 Å². The van der Waals surface area contributed by atoms with Crippen LogP contribution in [-0.4, -0.2) is 8.42 Å². The third-order valence-corrected chi connectivity index (χ3v) is 5.17. The maximum Gasteiger partial charge on any atom is 0.263 e.